The van der Waals surface area contributed by atoms with Gasteiger partial charge in [-0.25, -0.2) is 4.98 Å². The molecule has 0 unspecified atom stereocenters. The lowest BCUT2D eigenvalue weighted by Gasteiger charge is -2.15. The number of aryl methyl sites for hydroxylation is 1. The van der Waals surface area contributed by atoms with Crippen molar-refractivity contribution in [2.75, 3.05) is 18.6 Å². The highest BCUT2D eigenvalue weighted by atomic mass is 32.2. The molecule has 5 heteroatoms. The number of aromatic nitrogens is 1. The van der Waals surface area contributed by atoms with Crippen molar-refractivity contribution in [1.82, 2.24) is 9.88 Å². The molecule has 0 aliphatic rings. The number of carbonyl (C=O) groups is 1. The first-order chi connectivity index (χ1) is 7.63. The normalized spacial score (nSPS) is 10.4. The molecule has 0 aliphatic carbocycles. The van der Waals surface area contributed by atoms with Crippen molar-refractivity contribution in [1.29, 1.82) is 0 Å². The van der Waals surface area contributed by atoms with Gasteiger partial charge < -0.3 is 4.90 Å². The Morgan fingerprint density at radius 3 is 2.94 bits per heavy atom. The molecule has 0 bridgehead atoms. The summed E-state index contributed by atoms with van der Waals surface area (Å²) in [6.07, 6.45) is 0.623. The molecule has 0 aromatic carbocycles. The molecule has 90 valence electrons. The largest absolute Gasteiger partial charge is 0.340 e. The number of carbonyl (C=O) groups excluding carboxylic acids is 1. The topological polar surface area (TPSA) is 33.2 Å². The van der Waals surface area contributed by atoms with Gasteiger partial charge in [-0.1, -0.05) is 6.92 Å². The molecule has 0 radical (unpaired) electrons. The summed E-state index contributed by atoms with van der Waals surface area (Å²) in [5, 5.41) is 3.07. The fourth-order valence-electron chi connectivity index (χ4n) is 1.31. The van der Waals surface area contributed by atoms with E-state index in [2.05, 4.69) is 11.9 Å². The zero-order valence-corrected chi connectivity index (χ0v) is 11.7. The first-order valence-corrected chi connectivity index (χ1v) is 7.39. The van der Waals surface area contributed by atoms with Crippen LogP contribution in [0.15, 0.2) is 5.38 Å². The molecule has 1 amide bonds. The highest BCUT2D eigenvalue weighted by Gasteiger charge is 2.10. The van der Waals surface area contributed by atoms with Gasteiger partial charge in [0.25, 0.3) is 0 Å². The third kappa shape index (κ3) is 4.53. The van der Waals surface area contributed by atoms with Crippen LogP contribution in [0, 0.1) is 6.92 Å². The Bertz CT molecular complexity index is 338. The molecule has 3 nitrogen and oxygen atoms in total. The Hall–Kier alpha value is -0.550. The van der Waals surface area contributed by atoms with E-state index in [1.807, 2.05) is 19.4 Å². The summed E-state index contributed by atoms with van der Waals surface area (Å²) >= 11 is 3.43. The highest BCUT2D eigenvalue weighted by Crippen LogP contribution is 2.11. The van der Waals surface area contributed by atoms with Gasteiger partial charge in [0.2, 0.25) is 5.91 Å². The molecule has 1 aromatic heterocycles. The summed E-state index contributed by atoms with van der Waals surface area (Å²) in [4.78, 5) is 17.8. The number of hydrogen-bond acceptors (Lipinski definition) is 4. The van der Waals surface area contributed by atoms with E-state index in [9.17, 15) is 4.79 Å². The molecule has 0 atom stereocenters. The number of thioether (sulfide) groups is 1. The van der Waals surface area contributed by atoms with Gasteiger partial charge in [-0.3, -0.25) is 4.79 Å². The van der Waals surface area contributed by atoms with Crippen LogP contribution in [-0.4, -0.2) is 34.3 Å². The lowest BCUT2D eigenvalue weighted by atomic mass is 10.3. The molecule has 1 heterocycles. The van der Waals surface area contributed by atoms with Crippen molar-refractivity contribution in [2.24, 2.45) is 0 Å². The third-order valence-electron chi connectivity index (χ3n) is 2.16. The minimum Gasteiger partial charge on any atom is -0.340 e. The van der Waals surface area contributed by atoms with Crippen LogP contribution in [0.1, 0.15) is 24.0 Å². The van der Waals surface area contributed by atoms with Crippen LogP contribution in [0.25, 0.3) is 0 Å². The maximum Gasteiger partial charge on any atom is 0.223 e. The number of amides is 1. The molecular weight excluding hydrogens is 240 g/mol. The number of thiazole rings is 1. The van der Waals surface area contributed by atoms with Crippen molar-refractivity contribution >= 4 is 29.0 Å². The first kappa shape index (κ1) is 13.5. The standard InChI is InChI=1S/C11H18N2OS2/c1-4-15-6-5-11(14)13(3)7-10-8-16-9(2)12-10/h8H,4-7H2,1-3H3. The van der Waals surface area contributed by atoms with Crippen molar-refractivity contribution in [3.63, 3.8) is 0 Å². The molecule has 1 aromatic rings. The average molecular weight is 258 g/mol. The van der Waals surface area contributed by atoms with Gasteiger partial charge in [-0.15, -0.1) is 11.3 Å². The van der Waals surface area contributed by atoms with Gasteiger partial charge in [-0.2, -0.15) is 11.8 Å². The molecule has 0 N–H and O–H groups in total. The quantitative estimate of drug-likeness (QED) is 0.735. The summed E-state index contributed by atoms with van der Waals surface area (Å²) < 4.78 is 0. The second-order valence-corrected chi connectivity index (χ2v) is 6.01. The molecule has 1 rings (SSSR count). The smallest absolute Gasteiger partial charge is 0.223 e. The Balaban J connectivity index is 2.34. The van der Waals surface area contributed by atoms with E-state index in [-0.39, 0.29) is 5.91 Å². The second kappa shape index (κ2) is 6.91. The summed E-state index contributed by atoms with van der Waals surface area (Å²) in [6, 6.07) is 0. The second-order valence-electron chi connectivity index (χ2n) is 3.55. The lowest BCUT2D eigenvalue weighted by Crippen LogP contribution is -2.26. The monoisotopic (exact) mass is 258 g/mol. The highest BCUT2D eigenvalue weighted by molar-refractivity contribution is 7.99. The zero-order valence-electron chi connectivity index (χ0n) is 10.0. The predicted molar refractivity (Wildman–Crippen MR) is 70.9 cm³/mol. The Morgan fingerprint density at radius 1 is 1.62 bits per heavy atom. The van der Waals surface area contributed by atoms with Crippen LogP contribution >= 0.6 is 23.1 Å². The molecular formula is C11H18N2OS2. The fourth-order valence-corrected chi connectivity index (χ4v) is 2.52. The van der Waals surface area contributed by atoms with Crippen LogP contribution in [0.4, 0.5) is 0 Å². The molecule has 16 heavy (non-hydrogen) atoms. The van der Waals surface area contributed by atoms with E-state index in [4.69, 9.17) is 0 Å². The van der Waals surface area contributed by atoms with Crippen LogP contribution in [0.3, 0.4) is 0 Å². The van der Waals surface area contributed by atoms with Crippen molar-refractivity contribution in [3.8, 4) is 0 Å². The van der Waals surface area contributed by atoms with E-state index in [0.717, 1.165) is 22.2 Å². The molecule has 0 spiro atoms. The SMILES string of the molecule is CCSCCC(=O)N(C)Cc1csc(C)n1. The summed E-state index contributed by atoms with van der Waals surface area (Å²) in [5.41, 5.74) is 0.987. The zero-order chi connectivity index (χ0) is 12.0. The van der Waals surface area contributed by atoms with Gasteiger partial charge in [-0.05, 0) is 12.7 Å². The van der Waals surface area contributed by atoms with E-state index in [1.54, 1.807) is 28.0 Å². The number of hydrogen-bond donors (Lipinski definition) is 0. The van der Waals surface area contributed by atoms with Crippen LogP contribution in [-0.2, 0) is 11.3 Å². The van der Waals surface area contributed by atoms with Gasteiger partial charge in [0.1, 0.15) is 0 Å². The maximum atomic E-state index is 11.7. The predicted octanol–water partition coefficient (Wildman–Crippen LogP) is 2.55. The fraction of sp³-hybridized carbons (Fsp3) is 0.636. The first-order valence-electron chi connectivity index (χ1n) is 5.36. The minimum atomic E-state index is 0.201. The van der Waals surface area contributed by atoms with Crippen molar-refractivity contribution < 1.29 is 4.79 Å². The van der Waals surface area contributed by atoms with Crippen LogP contribution in [0.2, 0.25) is 0 Å². The van der Waals surface area contributed by atoms with Crippen molar-refractivity contribution in [3.05, 3.63) is 16.1 Å². The Kier molecular flexibility index (Phi) is 5.84. The Labute approximate surface area is 105 Å². The summed E-state index contributed by atoms with van der Waals surface area (Å²) in [6.45, 7) is 4.71. The van der Waals surface area contributed by atoms with E-state index < -0.39 is 0 Å². The average Bonchev–Trinajstić information content (AvgIpc) is 2.64. The molecule has 0 saturated heterocycles. The Morgan fingerprint density at radius 2 is 2.38 bits per heavy atom. The maximum absolute atomic E-state index is 11.7. The minimum absolute atomic E-state index is 0.201. The van der Waals surface area contributed by atoms with Crippen LogP contribution in [0.5, 0.6) is 0 Å². The lowest BCUT2D eigenvalue weighted by molar-refractivity contribution is -0.130. The van der Waals surface area contributed by atoms with E-state index in [0.29, 0.717) is 13.0 Å². The molecule has 0 aliphatic heterocycles. The number of nitrogens with zero attached hydrogens (tertiary/aromatic N) is 2. The third-order valence-corrected chi connectivity index (χ3v) is 3.88. The summed E-state index contributed by atoms with van der Waals surface area (Å²) in [5.74, 6) is 2.18. The van der Waals surface area contributed by atoms with Crippen LogP contribution < -0.4 is 0 Å². The summed E-state index contributed by atoms with van der Waals surface area (Å²) in [7, 11) is 1.84. The molecule has 0 saturated carbocycles. The van der Waals surface area contributed by atoms with E-state index >= 15 is 0 Å². The molecule has 0 fully saturated rings. The van der Waals surface area contributed by atoms with Gasteiger partial charge in [0.15, 0.2) is 0 Å². The van der Waals surface area contributed by atoms with Gasteiger partial charge in [0, 0.05) is 24.6 Å². The van der Waals surface area contributed by atoms with Gasteiger partial charge >= 0.3 is 0 Å². The number of rotatable bonds is 6. The van der Waals surface area contributed by atoms with E-state index in [1.165, 1.54) is 0 Å². The van der Waals surface area contributed by atoms with Gasteiger partial charge in [0.05, 0.1) is 17.2 Å². The van der Waals surface area contributed by atoms with Crippen molar-refractivity contribution in [2.45, 2.75) is 26.8 Å².